The SMILES string of the molecule is CN(C)c1ccccc1[NH-].CN(C)c1ccccc1[NH-].[Co]. The van der Waals surface area contributed by atoms with Gasteiger partial charge in [-0.1, -0.05) is 36.4 Å². The predicted octanol–water partition coefficient (Wildman–Crippen LogP) is 4.87. The van der Waals surface area contributed by atoms with Crippen molar-refractivity contribution in [1.29, 1.82) is 0 Å². The summed E-state index contributed by atoms with van der Waals surface area (Å²) in [5, 5.41) is 0. The Hall–Kier alpha value is -1.85. The molecule has 0 saturated carbocycles. The van der Waals surface area contributed by atoms with E-state index in [1.165, 1.54) is 0 Å². The van der Waals surface area contributed by atoms with Crippen LogP contribution in [0.5, 0.6) is 0 Å². The van der Waals surface area contributed by atoms with Gasteiger partial charge in [0.15, 0.2) is 0 Å². The van der Waals surface area contributed by atoms with Crippen LogP contribution in [0.1, 0.15) is 0 Å². The van der Waals surface area contributed by atoms with Crippen molar-refractivity contribution in [3.8, 4) is 0 Å². The zero-order chi connectivity index (χ0) is 15.1. The van der Waals surface area contributed by atoms with Gasteiger partial charge in [-0.05, 0) is 12.1 Å². The average molecular weight is 329 g/mol. The fourth-order valence-corrected chi connectivity index (χ4v) is 1.73. The zero-order valence-electron chi connectivity index (χ0n) is 12.8. The standard InChI is InChI=1S/2C8H11N2.Co/c2*1-10(2)8-6-4-3-5-7(8)9;/h2*3-6,9H,1-2H3;/q2*-1;. The fraction of sp³-hybridized carbons (Fsp3) is 0.250. The molecule has 2 rings (SSSR count). The molecule has 21 heavy (non-hydrogen) atoms. The Labute approximate surface area is 137 Å². The fourth-order valence-electron chi connectivity index (χ4n) is 1.73. The van der Waals surface area contributed by atoms with Crippen LogP contribution in [0.2, 0.25) is 0 Å². The first-order valence-corrected chi connectivity index (χ1v) is 6.39. The molecule has 5 heteroatoms. The Balaban J connectivity index is 0.000000364. The third-order valence-corrected chi connectivity index (χ3v) is 2.77. The molecule has 0 heterocycles. The molecule has 0 aliphatic rings. The van der Waals surface area contributed by atoms with Crippen LogP contribution in [0.15, 0.2) is 48.5 Å². The third kappa shape index (κ3) is 5.97. The molecule has 0 saturated heterocycles. The van der Waals surface area contributed by atoms with Gasteiger partial charge in [-0.2, -0.15) is 0 Å². The summed E-state index contributed by atoms with van der Waals surface area (Å²) in [7, 11) is 7.75. The second-order valence-corrected chi connectivity index (χ2v) is 4.82. The van der Waals surface area contributed by atoms with Crippen LogP contribution in [0.25, 0.3) is 11.5 Å². The Bertz CT molecular complexity index is 492. The summed E-state index contributed by atoms with van der Waals surface area (Å²) in [6.45, 7) is 0. The maximum Gasteiger partial charge on any atom is 0.0207 e. The van der Waals surface area contributed by atoms with E-state index in [-0.39, 0.29) is 16.8 Å². The van der Waals surface area contributed by atoms with Crippen LogP contribution in [0.4, 0.5) is 22.7 Å². The maximum absolute atomic E-state index is 7.46. The summed E-state index contributed by atoms with van der Waals surface area (Å²) >= 11 is 0. The van der Waals surface area contributed by atoms with E-state index in [0.29, 0.717) is 11.4 Å². The van der Waals surface area contributed by atoms with Gasteiger partial charge >= 0.3 is 0 Å². The molecule has 2 N–H and O–H groups in total. The molecule has 0 aliphatic heterocycles. The Morgan fingerprint density at radius 3 is 1.10 bits per heavy atom. The van der Waals surface area contributed by atoms with Crippen molar-refractivity contribution in [3.05, 3.63) is 60.0 Å². The van der Waals surface area contributed by atoms with Gasteiger partial charge in [-0.3, -0.25) is 0 Å². The summed E-state index contributed by atoms with van der Waals surface area (Å²) < 4.78 is 0. The smallest absolute Gasteiger partial charge is 0.0207 e. The molecule has 0 bridgehead atoms. The van der Waals surface area contributed by atoms with Gasteiger partial charge in [0.1, 0.15) is 0 Å². The Morgan fingerprint density at radius 1 is 0.619 bits per heavy atom. The van der Waals surface area contributed by atoms with Crippen molar-refractivity contribution in [3.63, 3.8) is 0 Å². The molecule has 2 aromatic rings. The first-order valence-electron chi connectivity index (χ1n) is 6.39. The molecule has 0 atom stereocenters. The van der Waals surface area contributed by atoms with Crippen molar-refractivity contribution in [2.75, 3.05) is 38.0 Å². The van der Waals surface area contributed by atoms with Gasteiger partial charge in [0.2, 0.25) is 0 Å². The molecule has 2 aromatic carbocycles. The van der Waals surface area contributed by atoms with Gasteiger partial charge in [0, 0.05) is 56.3 Å². The van der Waals surface area contributed by atoms with Crippen LogP contribution in [-0.4, -0.2) is 28.2 Å². The van der Waals surface area contributed by atoms with Crippen molar-refractivity contribution in [2.24, 2.45) is 0 Å². The molecule has 4 nitrogen and oxygen atoms in total. The topological polar surface area (TPSA) is 54.1 Å². The molecule has 0 aromatic heterocycles. The van der Waals surface area contributed by atoms with Crippen molar-refractivity contribution >= 4 is 22.7 Å². The van der Waals surface area contributed by atoms with E-state index in [1.54, 1.807) is 12.1 Å². The quantitative estimate of drug-likeness (QED) is 0.789. The number of nitrogens with zero attached hydrogens (tertiary/aromatic N) is 2. The molecule has 0 amide bonds. The number of nitrogens with one attached hydrogen (secondary N) is 2. The van der Waals surface area contributed by atoms with Crippen LogP contribution >= 0.6 is 0 Å². The summed E-state index contributed by atoms with van der Waals surface area (Å²) in [5.41, 5.74) is 18.0. The van der Waals surface area contributed by atoms with Gasteiger partial charge < -0.3 is 21.3 Å². The summed E-state index contributed by atoms with van der Waals surface area (Å²) in [6, 6.07) is 15.1. The van der Waals surface area contributed by atoms with Crippen LogP contribution in [0.3, 0.4) is 0 Å². The maximum atomic E-state index is 7.46. The van der Waals surface area contributed by atoms with Gasteiger partial charge in [0.25, 0.3) is 0 Å². The minimum Gasteiger partial charge on any atom is -0.697 e. The van der Waals surface area contributed by atoms with Crippen molar-refractivity contribution in [2.45, 2.75) is 0 Å². The largest absolute Gasteiger partial charge is 0.697 e. The van der Waals surface area contributed by atoms with E-state index in [4.69, 9.17) is 11.5 Å². The zero-order valence-corrected chi connectivity index (χ0v) is 13.9. The monoisotopic (exact) mass is 329 g/mol. The van der Waals surface area contributed by atoms with Gasteiger partial charge in [-0.25, -0.2) is 0 Å². The average Bonchev–Trinajstić information content (AvgIpc) is 2.40. The van der Waals surface area contributed by atoms with E-state index in [2.05, 4.69) is 0 Å². The summed E-state index contributed by atoms with van der Waals surface area (Å²) in [4.78, 5) is 3.87. The number of para-hydroxylation sites is 2. The molecule has 0 unspecified atom stereocenters. The molecule has 0 aliphatic carbocycles. The van der Waals surface area contributed by atoms with E-state index in [1.807, 2.05) is 74.4 Å². The molecule has 1 radical (unpaired) electrons. The first kappa shape index (κ1) is 19.1. The number of benzene rings is 2. The molecule has 117 valence electrons. The molecule has 0 fully saturated rings. The first-order chi connectivity index (χ1) is 9.43. The molecular formula is C16H22CoN4-2. The van der Waals surface area contributed by atoms with Gasteiger partial charge in [0.05, 0.1) is 0 Å². The van der Waals surface area contributed by atoms with Crippen molar-refractivity contribution in [1.82, 2.24) is 0 Å². The van der Waals surface area contributed by atoms with E-state index >= 15 is 0 Å². The molecular weight excluding hydrogens is 307 g/mol. The van der Waals surface area contributed by atoms with Crippen molar-refractivity contribution < 1.29 is 16.8 Å². The Morgan fingerprint density at radius 2 is 0.905 bits per heavy atom. The summed E-state index contributed by atoms with van der Waals surface area (Å²) in [5.74, 6) is 0. The van der Waals surface area contributed by atoms with E-state index in [0.717, 1.165) is 11.4 Å². The van der Waals surface area contributed by atoms with E-state index in [9.17, 15) is 0 Å². The Kier molecular flexibility index (Phi) is 8.34. The predicted molar refractivity (Wildman–Crippen MR) is 89.5 cm³/mol. The second kappa shape index (κ2) is 9.15. The third-order valence-electron chi connectivity index (χ3n) is 2.77. The van der Waals surface area contributed by atoms with Crippen LogP contribution in [0, 0.1) is 0 Å². The van der Waals surface area contributed by atoms with Gasteiger partial charge in [-0.15, -0.1) is 11.4 Å². The minimum atomic E-state index is 0. The van der Waals surface area contributed by atoms with E-state index < -0.39 is 0 Å². The number of anilines is 2. The summed E-state index contributed by atoms with van der Waals surface area (Å²) in [6.07, 6.45) is 0. The van der Waals surface area contributed by atoms with Crippen LogP contribution in [-0.2, 0) is 16.8 Å². The normalized spacial score (nSPS) is 8.95. The number of hydrogen-bond acceptors (Lipinski definition) is 2. The minimum absolute atomic E-state index is 0. The number of hydrogen-bond donors (Lipinski definition) is 0. The number of rotatable bonds is 2. The molecule has 0 spiro atoms. The second-order valence-electron chi connectivity index (χ2n) is 4.82. The van der Waals surface area contributed by atoms with Crippen LogP contribution < -0.4 is 9.80 Å².